The van der Waals surface area contributed by atoms with Gasteiger partial charge in [0.1, 0.15) is 35.4 Å². The van der Waals surface area contributed by atoms with Crippen molar-refractivity contribution >= 4 is 23.5 Å². The van der Waals surface area contributed by atoms with E-state index in [-0.39, 0.29) is 22.8 Å². The van der Waals surface area contributed by atoms with E-state index in [2.05, 4.69) is 4.98 Å². The van der Waals surface area contributed by atoms with Crippen LogP contribution in [0.1, 0.15) is 21.5 Å². The lowest BCUT2D eigenvalue weighted by atomic mass is 10.1. The van der Waals surface area contributed by atoms with Crippen molar-refractivity contribution < 1.29 is 14.3 Å². The van der Waals surface area contributed by atoms with Gasteiger partial charge in [0.25, 0.3) is 0 Å². The molecule has 1 aliphatic heterocycles. The number of aldehydes is 1. The van der Waals surface area contributed by atoms with Crippen LogP contribution in [-0.2, 0) is 4.74 Å². The molecule has 3 rings (SSSR count). The molecule has 2 heterocycles. The summed E-state index contributed by atoms with van der Waals surface area (Å²) in [5.74, 6) is 0.209. The third-order valence-corrected chi connectivity index (χ3v) is 3.98. The zero-order valence-electron chi connectivity index (χ0n) is 15.4. The fraction of sp³-hybridized carbons (Fsp3) is 0.263. The van der Waals surface area contributed by atoms with Crippen LogP contribution >= 0.6 is 0 Å². The first-order valence-corrected chi connectivity index (χ1v) is 8.36. The number of nitrogens with two attached hydrogens (primary N) is 2. The number of morpholine rings is 1. The number of aromatic nitrogens is 1. The van der Waals surface area contributed by atoms with Crippen LogP contribution in [0.4, 0.5) is 17.2 Å². The number of carbonyl (C=O) groups excluding carboxylic acids is 1. The predicted octanol–water partition coefficient (Wildman–Crippen LogP) is 1.33. The van der Waals surface area contributed by atoms with Gasteiger partial charge in [-0.05, 0) is 24.3 Å². The molecule has 1 fully saturated rings. The lowest BCUT2D eigenvalue weighted by Gasteiger charge is -2.30. The number of nitrogen functional groups attached to an aromatic ring is 2. The van der Waals surface area contributed by atoms with E-state index in [1.807, 2.05) is 17.0 Å². The molecule has 28 heavy (non-hydrogen) atoms. The van der Waals surface area contributed by atoms with E-state index in [0.717, 1.165) is 6.29 Å². The summed E-state index contributed by atoms with van der Waals surface area (Å²) in [6, 6.07) is 10.8. The Balaban J connectivity index is 0.000000261. The zero-order valence-corrected chi connectivity index (χ0v) is 15.4. The molecule has 0 bridgehead atoms. The maximum absolute atomic E-state index is 10.1. The quantitative estimate of drug-likeness (QED) is 0.593. The molecule has 0 spiro atoms. The van der Waals surface area contributed by atoms with Crippen molar-refractivity contribution in [3.63, 3.8) is 0 Å². The Bertz CT molecular complexity index is 909. The van der Waals surface area contributed by atoms with Crippen LogP contribution in [0.25, 0.3) is 0 Å². The number of ether oxygens (including phenoxy) is 2. The molecule has 0 atom stereocenters. The summed E-state index contributed by atoms with van der Waals surface area (Å²) in [5, 5.41) is 18.5. The molecule has 0 unspecified atom stereocenters. The highest BCUT2D eigenvalue weighted by atomic mass is 16.5. The highest BCUT2D eigenvalue weighted by Gasteiger charge is 2.25. The Hall–Kier alpha value is -3.82. The summed E-state index contributed by atoms with van der Waals surface area (Å²) < 4.78 is 10.3. The number of methoxy groups -OCH3 is 1. The zero-order chi connectivity index (χ0) is 20.5. The van der Waals surface area contributed by atoms with E-state index in [1.54, 1.807) is 24.3 Å². The third kappa shape index (κ3) is 4.67. The fourth-order valence-electron chi connectivity index (χ4n) is 2.61. The minimum Gasteiger partial charge on any atom is -0.480 e. The largest absolute Gasteiger partial charge is 0.480 e. The molecule has 9 heteroatoms. The first-order chi connectivity index (χ1) is 13.5. The molecule has 0 aliphatic carbocycles. The summed E-state index contributed by atoms with van der Waals surface area (Å²) in [6.45, 7) is 2.27. The highest BCUT2D eigenvalue weighted by Crippen LogP contribution is 2.34. The summed E-state index contributed by atoms with van der Waals surface area (Å²) in [7, 11) is 1.41. The van der Waals surface area contributed by atoms with Crippen molar-refractivity contribution in [3.05, 3.63) is 41.0 Å². The Morgan fingerprint density at radius 1 is 1.14 bits per heavy atom. The number of nitrogens with zero attached hydrogens (tertiary/aromatic N) is 4. The highest BCUT2D eigenvalue weighted by molar-refractivity contribution is 5.77. The smallest absolute Gasteiger partial charge is 0.235 e. The summed E-state index contributed by atoms with van der Waals surface area (Å²) >= 11 is 0. The Morgan fingerprint density at radius 2 is 1.75 bits per heavy atom. The Labute approximate surface area is 162 Å². The van der Waals surface area contributed by atoms with Gasteiger partial charge < -0.3 is 25.8 Å². The fourth-order valence-corrected chi connectivity index (χ4v) is 2.61. The van der Waals surface area contributed by atoms with E-state index < -0.39 is 0 Å². The number of pyridine rings is 1. The molecule has 1 aromatic heterocycles. The van der Waals surface area contributed by atoms with Crippen LogP contribution in [0, 0.1) is 22.7 Å². The topological polar surface area (TPSA) is 151 Å². The van der Waals surface area contributed by atoms with Gasteiger partial charge in [-0.1, -0.05) is 0 Å². The molecule has 0 radical (unpaired) electrons. The van der Waals surface area contributed by atoms with Crippen LogP contribution in [-0.4, -0.2) is 44.7 Å². The monoisotopic (exact) mass is 380 g/mol. The van der Waals surface area contributed by atoms with E-state index in [0.29, 0.717) is 43.2 Å². The second-order valence-corrected chi connectivity index (χ2v) is 5.71. The molecule has 4 N–H and O–H groups in total. The Morgan fingerprint density at radius 3 is 2.25 bits per heavy atom. The van der Waals surface area contributed by atoms with Gasteiger partial charge in [-0.15, -0.1) is 0 Å². The van der Waals surface area contributed by atoms with Gasteiger partial charge >= 0.3 is 0 Å². The van der Waals surface area contributed by atoms with Crippen LogP contribution in [0.2, 0.25) is 0 Å². The van der Waals surface area contributed by atoms with Gasteiger partial charge in [0, 0.05) is 24.3 Å². The van der Waals surface area contributed by atoms with Crippen LogP contribution in [0.15, 0.2) is 24.3 Å². The standard InChI is InChI=1S/C12H13N5O2.C7H7NO/c1-18-12-9(7-14)10(8(6-13)11(15)16-12)17-2-4-19-5-3-17;8-7-3-1-6(5-9)2-4-7/h2-5H2,1H3,(H2,15,16);1-5H,8H2. The summed E-state index contributed by atoms with van der Waals surface area (Å²) in [4.78, 5) is 15.9. The van der Waals surface area contributed by atoms with Crippen LogP contribution in [0.3, 0.4) is 0 Å². The molecule has 144 valence electrons. The van der Waals surface area contributed by atoms with Gasteiger partial charge in [-0.3, -0.25) is 4.79 Å². The minimum atomic E-state index is 0.0693. The second kappa shape index (κ2) is 9.76. The molecule has 0 saturated carbocycles. The van der Waals surface area contributed by atoms with Crippen molar-refractivity contribution in [1.82, 2.24) is 4.98 Å². The molecular weight excluding hydrogens is 360 g/mol. The Kier molecular flexibility index (Phi) is 7.14. The maximum Gasteiger partial charge on any atom is 0.235 e. The molecule has 2 aromatic rings. The second-order valence-electron chi connectivity index (χ2n) is 5.71. The van der Waals surface area contributed by atoms with E-state index >= 15 is 0 Å². The van der Waals surface area contributed by atoms with Crippen LogP contribution < -0.4 is 21.1 Å². The lowest BCUT2D eigenvalue weighted by molar-refractivity contribution is 0.112. The van der Waals surface area contributed by atoms with Crippen molar-refractivity contribution in [2.45, 2.75) is 0 Å². The van der Waals surface area contributed by atoms with Crippen molar-refractivity contribution in [1.29, 1.82) is 10.5 Å². The van der Waals surface area contributed by atoms with Gasteiger partial charge in [0.2, 0.25) is 5.88 Å². The number of carbonyl (C=O) groups is 1. The molecule has 9 nitrogen and oxygen atoms in total. The first kappa shape index (κ1) is 20.5. The average molecular weight is 380 g/mol. The van der Waals surface area contributed by atoms with Crippen LogP contribution in [0.5, 0.6) is 5.88 Å². The molecular formula is C19H20N6O3. The third-order valence-electron chi connectivity index (χ3n) is 3.98. The lowest BCUT2D eigenvalue weighted by Crippen LogP contribution is -2.37. The van der Waals surface area contributed by atoms with Crippen molar-refractivity contribution in [2.24, 2.45) is 0 Å². The predicted molar refractivity (Wildman–Crippen MR) is 104 cm³/mol. The molecule has 1 saturated heterocycles. The van der Waals surface area contributed by atoms with Gasteiger partial charge in [-0.25, -0.2) is 0 Å². The minimum absolute atomic E-state index is 0.0693. The van der Waals surface area contributed by atoms with Gasteiger partial charge in [0.15, 0.2) is 0 Å². The average Bonchev–Trinajstić information content (AvgIpc) is 2.74. The van der Waals surface area contributed by atoms with Crippen molar-refractivity contribution in [3.8, 4) is 18.0 Å². The number of anilines is 3. The van der Waals surface area contributed by atoms with Crippen molar-refractivity contribution in [2.75, 3.05) is 49.8 Å². The number of hydrogen-bond acceptors (Lipinski definition) is 9. The number of rotatable bonds is 3. The molecule has 0 amide bonds. The first-order valence-electron chi connectivity index (χ1n) is 8.36. The number of benzene rings is 1. The molecule has 1 aliphatic rings. The SMILES string of the molecule is COc1nc(N)c(C#N)c(N2CCOCC2)c1C#N.Nc1ccc(C=O)cc1. The summed E-state index contributed by atoms with van der Waals surface area (Å²) in [5.41, 5.74) is 13.4. The number of hydrogen-bond donors (Lipinski definition) is 2. The molecule has 1 aromatic carbocycles. The maximum atomic E-state index is 10.1. The summed E-state index contributed by atoms with van der Waals surface area (Å²) in [6.07, 6.45) is 0.791. The normalized spacial score (nSPS) is 12.8. The number of nitriles is 2. The van der Waals surface area contributed by atoms with E-state index in [9.17, 15) is 15.3 Å². The van der Waals surface area contributed by atoms with Gasteiger partial charge in [0.05, 0.1) is 26.0 Å². The van der Waals surface area contributed by atoms with E-state index in [4.69, 9.17) is 20.9 Å². The van der Waals surface area contributed by atoms with E-state index in [1.165, 1.54) is 7.11 Å². The van der Waals surface area contributed by atoms with Gasteiger partial charge in [-0.2, -0.15) is 15.5 Å².